The average molecular weight is 496 g/mol. The van der Waals surface area contributed by atoms with E-state index in [0.29, 0.717) is 0 Å². The number of ether oxygens (including phenoxy) is 1. The predicted molar refractivity (Wildman–Crippen MR) is 93.7 cm³/mol. The van der Waals surface area contributed by atoms with E-state index >= 15 is 0 Å². The molecule has 0 saturated carbocycles. The van der Waals surface area contributed by atoms with Gasteiger partial charge >= 0.3 is 29.2 Å². The number of hydrogen-bond acceptors (Lipinski definition) is 11. The molecule has 2 rings (SSSR count). The summed E-state index contributed by atoms with van der Waals surface area (Å²) >= 11 is 0. The highest BCUT2D eigenvalue weighted by Gasteiger charge is 2.46. The molecule has 1 aromatic heterocycles. The molecule has 1 saturated heterocycles. The number of phosphoric ester groups is 1. The van der Waals surface area contributed by atoms with Crippen LogP contribution in [0.25, 0.3) is 0 Å². The molecule has 0 spiro atoms. The molecular weight excluding hydrogens is 477 g/mol. The lowest BCUT2D eigenvalue weighted by molar-refractivity contribution is -0.0227. The number of aromatic nitrogens is 2. The molecule has 0 radical (unpaired) electrons. The SMILES string of the molecule is Cc1nc(=O)n(C)cc1C1OC(COP(=O)(O)OP(=O)(O)OP(=O)(O)O)C(O)C1O. The standard InChI is InChI=1S/C11H19N2O14P3/c1-5-6(3-13(2)11(16)12-5)10-9(15)8(14)7(25-10)4-24-29(20,21)27-30(22,23)26-28(17,18)19/h3,7-10,14-15H,4H2,1-2H3,(H,20,21)(H,22,23)(H2,17,18,19). The molecule has 0 aromatic carbocycles. The van der Waals surface area contributed by atoms with Crippen LogP contribution in [0.3, 0.4) is 0 Å². The van der Waals surface area contributed by atoms with E-state index in [1.807, 2.05) is 0 Å². The van der Waals surface area contributed by atoms with E-state index in [9.17, 15) is 33.6 Å². The summed E-state index contributed by atoms with van der Waals surface area (Å²) in [7, 11) is -15.3. The van der Waals surface area contributed by atoms with Gasteiger partial charge in [0.05, 0.1) is 12.3 Å². The van der Waals surface area contributed by atoms with E-state index < -0.39 is 60.2 Å². The minimum Gasteiger partial charge on any atom is -0.387 e. The van der Waals surface area contributed by atoms with Crippen molar-refractivity contribution in [2.24, 2.45) is 7.05 Å². The fourth-order valence-corrected chi connectivity index (χ4v) is 5.57. The second-order valence-corrected chi connectivity index (χ2v) is 10.6. The summed E-state index contributed by atoms with van der Waals surface area (Å²) in [5, 5.41) is 20.3. The van der Waals surface area contributed by atoms with Crippen LogP contribution in [0.15, 0.2) is 11.0 Å². The van der Waals surface area contributed by atoms with E-state index in [1.54, 1.807) is 0 Å². The Bertz CT molecular complexity index is 990. The number of aliphatic hydroxyl groups is 2. The molecule has 6 unspecified atom stereocenters. The molecule has 1 aliphatic heterocycles. The van der Waals surface area contributed by atoms with Gasteiger partial charge in [-0.1, -0.05) is 0 Å². The third-order valence-corrected chi connectivity index (χ3v) is 7.60. The van der Waals surface area contributed by atoms with Crippen LogP contribution in [0.1, 0.15) is 17.4 Å². The predicted octanol–water partition coefficient (Wildman–Crippen LogP) is -1.41. The van der Waals surface area contributed by atoms with Crippen molar-refractivity contribution < 1.29 is 61.4 Å². The molecule has 19 heteroatoms. The van der Waals surface area contributed by atoms with Crippen LogP contribution in [0, 0.1) is 6.92 Å². The molecule has 6 atom stereocenters. The van der Waals surface area contributed by atoms with Gasteiger partial charge in [-0.25, -0.2) is 18.5 Å². The third-order valence-electron chi connectivity index (χ3n) is 3.80. The summed E-state index contributed by atoms with van der Waals surface area (Å²) in [5.41, 5.74) is -0.138. The lowest BCUT2D eigenvalue weighted by Crippen LogP contribution is -2.33. The lowest BCUT2D eigenvalue weighted by atomic mass is 10.0. The summed E-state index contributed by atoms with van der Waals surface area (Å²) in [5.74, 6) is 0. The van der Waals surface area contributed by atoms with E-state index in [4.69, 9.17) is 19.4 Å². The molecule has 1 aromatic rings. The zero-order chi connectivity index (χ0) is 23.1. The first kappa shape index (κ1) is 25.4. The van der Waals surface area contributed by atoms with Crippen LogP contribution in [0.4, 0.5) is 0 Å². The van der Waals surface area contributed by atoms with Gasteiger partial charge in [0.15, 0.2) is 0 Å². The van der Waals surface area contributed by atoms with Gasteiger partial charge in [0.25, 0.3) is 0 Å². The minimum absolute atomic E-state index is 0.197. The van der Waals surface area contributed by atoms with Crippen LogP contribution in [0.2, 0.25) is 0 Å². The van der Waals surface area contributed by atoms with Gasteiger partial charge in [0.1, 0.15) is 24.4 Å². The van der Waals surface area contributed by atoms with Crippen LogP contribution < -0.4 is 5.69 Å². The molecule has 1 fully saturated rings. The van der Waals surface area contributed by atoms with Crippen LogP contribution in [-0.4, -0.2) is 64.3 Å². The normalized spacial score (nSPS) is 28.8. The third kappa shape index (κ3) is 6.58. The van der Waals surface area contributed by atoms with Gasteiger partial charge in [-0.2, -0.15) is 13.6 Å². The van der Waals surface area contributed by atoms with Crippen molar-refractivity contribution in [2.45, 2.75) is 31.3 Å². The Morgan fingerprint density at radius 1 is 1.10 bits per heavy atom. The second kappa shape index (κ2) is 8.96. The molecule has 30 heavy (non-hydrogen) atoms. The molecule has 0 amide bonds. The van der Waals surface area contributed by atoms with Gasteiger partial charge in [0.2, 0.25) is 0 Å². The molecule has 0 aliphatic carbocycles. The van der Waals surface area contributed by atoms with Crippen molar-refractivity contribution in [1.82, 2.24) is 9.55 Å². The van der Waals surface area contributed by atoms with E-state index in [2.05, 4.69) is 18.1 Å². The summed E-state index contributed by atoms with van der Waals surface area (Å²) < 4.78 is 51.6. The molecule has 6 N–H and O–H groups in total. The van der Waals surface area contributed by atoms with Gasteiger partial charge in [-0.05, 0) is 6.92 Å². The van der Waals surface area contributed by atoms with Crippen molar-refractivity contribution in [3.63, 3.8) is 0 Å². The zero-order valence-corrected chi connectivity index (χ0v) is 18.0. The van der Waals surface area contributed by atoms with Crippen LogP contribution in [-0.2, 0) is 38.6 Å². The first-order valence-electron chi connectivity index (χ1n) is 7.85. The molecular formula is C11H19N2O14P3. The van der Waals surface area contributed by atoms with Gasteiger partial charge < -0.3 is 39.1 Å². The van der Waals surface area contributed by atoms with E-state index in [1.165, 1.54) is 20.2 Å². The molecule has 16 nitrogen and oxygen atoms in total. The monoisotopic (exact) mass is 496 g/mol. The highest BCUT2D eigenvalue weighted by atomic mass is 31.3. The minimum atomic E-state index is -5.70. The van der Waals surface area contributed by atoms with Crippen molar-refractivity contribution >= 4 is 23.5 Å². The van der Waals surface area contributed by atoms with Gasteiger partial charge in [0, 0.05) is 18.8 Å². The number of nitrogens with zero attached hydrogens (tertiary/aromatic N) is 2. The fourth-order valence-electron chi connectivity index (χ4n) is 2.54. The number of rotatable bonds is 8. The van der Waals surface area contributed by atoms with Gasteiger partial charge in [-0.3, -0.25) is 4.52 Å². The van der Waals surface area contributed by atoms with Crippen molar-refractivity contribution in [3.05, 3.63) is 27.9 Å². The summed E-state index contributed by atoms with van der Waals surface area (Å²) in [6, 6.07) is 0. The number of aryl methyl sites for hydroxylation is 2. The number of hydrogen-bond donors (Lipinski definition) is 6. The topological polar surface area (TPSA) is 244 Å². The molecule has 0 bridgehead atoms. The Kier molecular flexibility index (Phi) is 7.60. The molecule has 1 aliphatic rings. The van der Waals surface area contributed by atoms with E-state index in [-0.39, 0.29) is 11.3 Å². The van der Waals surface area contributed by atoms with Gasteiger partial charge in [-0.15, -0.1) is 0 Å². The summed E-state index contributed by atoms with van der Waals surface area (Å²) in [6.07, 6.45) is -4.53. The maximum Gasteiger partial charge on any atom is 0.490 e. The second-order valence-electron chi connectivity index (χ2n) is 6.14. The van der Waals surface area contributed by atoms with Crippen molar-refractivity contribution in [1.29, 1.82) is 0 Å². The van der Waals surface area contributed by atoms with Crippen molar-refractivity contribution in [3.8, 4) is 0 Å². The smallest absolute Gasteiger partial charge is 0.387 e. The van der Waals surface area contributed by atoms with Crippen molar-refractivity contribution in [2.75, 3.05) is 6.61 Å². The Balaban J connectivity index is 2.08. The lowest BCUT2D eigenvalue weighted by Gasteiger charge is -2.19. The molecule has 2 heterocycles. The Morgan fingerprint density at radius 2 is 1.70 bits per heavy atom. The Labute approximate surface area is 168 Å². The maximum atomic E-state index is 11.7. The molecule has 172 valence electrons. The zero-order valence-electron chi connectivity index (χ0n) is 15.3. The number of phosphoric acid groups is 3. The van der Waals surface area contributed by atoms with Crippen LogP contribution >= 0.6 is 23.5 Å². The Hall–Kier alpha value is -0.830. The first-order valence-corrected chi connectivity index (χ1v) is 12.4. The van der Waals surface area contributed by atoms with E-state index in [0.717, 1.165) is 4.57 Å². The highest BCUT2D eigenvalue weighted by molar-refractivity contribution is 7.66. The highest BCUT2D eigenvalue weighted by Crippen LogP contribution is 2.66. The largest absolute Gasteiger partial charge is 0.490 e. The first-order chi connectivity index (χ1) is 13.5. The maximum absolute atomic E-state index is 11.7. The van der Waals surface area contributed by atoms with Crippen LogP contribution in [0.5, 0.6) is 0 Å². The quantitative estimate of drug-likeness (QED) is 0.226. The summed E-state index contributed by atoms with van der Waals surface area (Å²) in [4.78, 5) is 50.7. The average Bonchev–Trinajstić information content (AvgIpc) is 2.81. The Morgan fingerprint density at radius 3 is 2.27 bits per heavy atom. The fraction of sp³-hybridized carbons (Fsp3) is 0.636. The number of aliphatic hydroxyl groups excluding tert-OH is 2. The summed E-state index contributed by atoms with van der Waals surface area (Å²) in [6.45, 7) is 0.509.